The molecule has 0 aliphatic heterocycles. The maximum atomic E-state index is 6.14. The van der Waals surface area contributed by atoms with Gasteiger partial charge in [-0.05, 0) is 93.0 Å². The fourth-order valence-electron chi connectivity index (χ4n) is 8.25. The summed E-state index contributed by atoms with van der Waals surface area (Å²) < 4.78 is 8.70. The van der Waals surface area contributed by atoms with Gasteiger partial charge in [0.15, 0.2) is 0 Å². The van der Waals surface area contributed by atoms with E-state index in [0.717, 1.165) is 50.1 Å². The van der Waals surface area contributed by atoms with Crippen LogP contribution in [0.15, 0.2) is 217 Å². The Morgan fingerprint density at radius 2 is 0.789 bits per heavy atom. The summed E-state index contributed by atoms with van der Waals surface area (Å²) >= 11 is 1.88. The molecule has 0 fully saturated rings. The number of hydrogen-bond donors (Lipinski definition) is 0. The topological polar surface area (TPSA) is 16.4 Å². The van der Waals surface area contributed by atoms with E-state index in [1.54, 1.807) is 0 Å². The Labute approximate surface area is 335 Å². The van der Waals surface area contributed by atoms with Crippen LogP contribution in [0.3, 0.4) is 0 Å². The summed E-state index contributed by atoms with van der Waals surface area (Å²) in [6.45, 7) is 0. The van der Waals surface area contributed by atoms with Crippen LogP contribution in [0, 0.1) is 0 Å². The van der Waals surface area contributed by atoms with Crippen LogP contribution < -0.4 is 4.90 Å². The lowest BCUT2D eigenvalue weighted by Gasteiger charge is -2.26. The maximum Gasteiger partial charge on any atom is 0.135 e. The molecule has 0 unspecified atom stereocenters. The highest BCUT2D eigenvalue weighted by Gasteiger charge is 2.20. The second-order valence-electron chi connectivity index (χ2n) is 14.5. The molecule has 9 aromatic carbocycles. The SMILES string of the molecule is c1ccc(-c2ccc(-c3ccc(N(c4ccc(-c5ccc6oc7ccccc7c6c5)cc4)c4cccc5c4sc4c(-c6ccccc6)cccc45)cc3)cc2)cc1. The zero-order valence-electron chi connectivity index (χ0n) is 31.0. The van der Waals surface area contributed by atoms with Crippen molar-refractivity contribution in [1.29, 1.82) is 0 Å². The summed E-state index contributed by atoms with van der Waals surface area (Å²) in [7, 11) is 0. The molecule has 57 heavy (non-hydrogen) atoms. The average Bonchev–Trinajstić information content (AvgIpc) is 3.86. The van der Waals surface area contributed by atoms with E-state index in [0.29, 0.717) is 0 Å². The van der Waals surface area contributed by atoms with Crippen molar-refractivity contribution in [2.24, 2.45) is 0 Å². The fraction of sp³-hybridized carbons (Fsp3) is 0. The summed E-state index contributed by atoms with van der Waals surface area (Å²) in [5.74, 6) is 0. The quantitative estimate of drug-likeness (QED) is 0.162. The van der Waals surface area contributed by atoms with Gasteiger partial charge in [0.05, 0.1) is 10.4 Å². The minimum Gasteiger partial charge on any atom is -0.456 e. The molecule has 11 aromatic rings. The smallest absolute Gasteiger partial charge is 0.135 e. The Kier molecular flexibility index (Phi) is 8.04. The number of furan rings is 1. The van der Waals surface area contributed by atoms with Gasteiger partial charge >= 0.3 is 0 Å². The number of anilines is 3. The lowest BCUT2D eigenvalue weighted by atomic mass is 10.00. The van der Waals surface area contributed by atoms with Gasteiger partial charge in [-0.15, -0.1) is 11.3 Å². The molecule has 0 saturated heterocycles. The standard InChI is InChI=1S/C54H35NOS/c1-3-11-36(12-4-1)37-21-23-38(24-22-37)39-25-30-43(31-26-39)55(44-32-27-40(28-33-44)42-29-34-52-49(35-42)46-15-7-8-20-51(46)56-52)50-19-10-18-48-47-17-9-16-45(53(47)57-54(48)50)41-13-5-2-6-14-41/h1-35H. The molecule has 0 atom stereocenters. The molecule has 0 aliphatic carbocycles. The van der Waals surface area contributed by atoms with Crippen LogP contribution in [0.2, 0.25) is 0 Å². The van der Waals surface area contributed by atoms with Gasteiger partial charge in [0.25, 0.3) is 0 Å². The van der Waals surface area contributed by atoms with Crippen molar-refractivity contribution >= 4 is 70.5 Å². The minimum absolute atomic E-state index is 0.908. The van der Waals surface area contributed by atoms with Crippen molar-refractivity contribution < 1.29 is 4.42 Å². The first-order valence-electron chi connectivity index (χ1n) is 19.3. The number of nitrogens with zero attached hydrogens (tertiary/aromatic N) is 1. The van der Waals surface area contributed by atoms with E-state index < -0.39 is 0 Å². The van der Waals surface area contributed by atoms with Crippen molar-refractivity contribution in [2.45, 2.75) is 0 Å². The van der Waals surface area contributed by atoms with Crippen molar-refractivity contribution in [3.05, 3.63) is 212 Å². The van der Waals surface area contributed by atoms with Crippen LogP contribution in [0.5, 0.6) is 0 Å². The zero-order valence-corrected chi connectivity index (χ0v) is 31.8. The van der Waals surface area contributed by atoms with E-state index in [1.165, 1.54) is 53.6 Å². The molecular weight excluding hydrogens is 711 g/mol. The predicted octanol–water partition coefficient (Wildman–Crippen LogP) is 16.1. The van der Waals surface area contributed by atoms with E-state index in [2.05, 4.69) is 205 Å². The molecule has 11 rings (SSSR count). The number of hydrogen-bond acceptors (Lipinski definition) is 3. The summed E-state index contributed by atoms with van der Waals surface area (Å²) in [5, 5.41) is 4.82. The highest BCUT2D eigenvalue weighted by atomic mass is 32.1. The van der Waals surface area contributed by atoms with Gasteiger partial charge < -0.3 is 9.32 Å². The van der Waals surface area contributed by atoms with Gasteiger partial charge in [-0.25, -0.2) is 0 Å². The molecule has 0 bridgehead atoms. The fourth-order valence-corrected chi connectivity index (χ4v) is 9.59. The van der Waals surface area contributed by atoms with E-state index in [4.69, 9.17) is 4.42 Å². The van der Waals surface area contributed by atoms with E-state index in [1.807, 2.05) is 23.5 Å². The summed E-state index contributed by atoms with van der Waals surface area (Å²) in [4.78, 5) is 2.42. The van der Waals surface area contributed by atoms with E-state index in [-0.39, 0.29) is 0 Å². The number of rotatable bonds is 7. The highest BCUT2D eigenvalue weighted by molar-refractivity contribution is 7.27. The van der Waals surface area contributed by atoms with Crippen LogP contribution in [0.4, 0.5) is 17.1 Å². The van der Waals surface area contributed by atoms with Gasteiger partial charge in [0.1, 0.15) is 11.2 Å². The third kappa shape index (κ3) is 5.88. The van der Waals surface area contributed by atoms with Crippen LogP contribution in [-0.2, 0) is 0 Å². The molecular formula is C54H35NOS. The van der Waals surface area contributed by atoms with Crippen LogP contribution >= 0.6 is 11.3 Å². The lowest BCUT2D eigenvalue weighted by Crippen LogP contribution is -2.10. The molecule has 2 aromatic heterocycles. The number of fused-ring (bicyclic) bond motifs is 6. The summed E-state index contributed by atoms with van der Waals surface area (Å²) in [5.41, 5.74) is 14.8. The van der Waals surface area contributed by atoms with E-state index in [9.17, 15) is 0 Å². The second kappa shape index (κ2) is 13.8. The molecule has 3 heteroatoms. The molecule has 268 valence electrons. The molecule has 2 heterocycles. The Morgan fingerprint density at radius 3 is 1.46 bits per heavy atom. The van der Waals surface area contributed by atoms with E-state index >= 15 is 0 Å². The Morgan fingerprint density at radius 1 is 0.316 bits per heavy atom. The van der Waals surface area contributed by atoms with Gasteiger partial charge in [-0.3, -0.25) is 0 Å². The molecule has 2 nitrogen and oxygen atoms in total. The molecule has 0 radical (unpaired) electrons. The van der Waals surface area contributed by atoms with Crippen molar-refractivity contribution in [2.75, 3.05) is 4.90 Å². The largest absolute Gasteiger partial charge is 0.456 e. The number of thiophene rings is 1. The first-order chi connectivity index (χ1) is 28.2. The normalized spacial score (nSPS) is 11.5. The Bertz CT molecular complexity index is 3200. The summed E-state index contributed by atoms with van der Waals surface area (Å²) in [6, 6.07) is 76.4. The monoisotopic (exact) mass is 745 g/mol. The van der Waals surface area contributed by atoms with Crippen LogP contribution in [-0.4, -0.2) is 0 Å². The van der Waals surface area contributed by atoms with Gasteiger partial charge in [-0.2, -0.15) is 0 Å². The molecule has 0 amide bonds. The van der Waals surface area contributed by atoms with Gasteiger partial charge in [0, 0.05) is 37.6 Å². The molecule has 0 aliphatic rings. The number of benzene rings is 9. The van der Waals surface area contributed by atoms with Gasteiger partial charge in [0.2, 0.25) is 0 Å². The molecule has 0 spiro atoms. The van der Waals surface area contributed by atoms with Crippen molar-refractivity contribution in [3.63, 3.8) is 0 Å². The average molecular weight is 746 g/mol. The first kappa shape index (κ1) is 33.2. The second-order valence-corrected chi connectivity index (χ2v) is 15.5. The molecule has 0 N–H and O–H groups in total. The Hall–Kier alpha value is -7.20. The van der Waals surface area contributed by atoms with Gasteiger partial charge in [-0.1, -0.05) is 164 Å². The maximum absolute atomic E-state index is 6.14. The van der Waals surface area contributed by atoms with Crippen molar-refractivity contribution in [3.8, 4) is 44.5 Å². The van der Waals surface area contributed by atoms with Crippen LogP contribution in [0.25, 0.3) is 86.6 Å². The van der Waals surface area contributed by atoms with Crippen molar-refractivity contribution in [1.82, 2.24) is 0 Å². The number of para-hydroxylation sites is 1. The zero-order chi connectivity index (χ0) is 37.7. The van der Waals surface area contributed by atoms with Crippen LogP contribution in [0.1, 0.15) is 0 Å². The highest BCUT2D eigenvalue weighted by Crippen LogP contribution is 2.47. The minimum atomic E-state index is 0.908. The summed E-state index contributed by atoms with van der Waals surface area (Å²) in [6.07, 6.45) is 0. The predicted molar refractivity (Wildman–Crippen MR) is 243 cm³/mol. The third-order valence-electron chi connectivity index (χ3n) is 11.1. The first-order valence-corrected chi connectivity index (χ1v) is 20.1. The Balaban J connectivity index is 1.02. The molecule has 0 saturated carbocycles. The third-order valence-corrected chi connectivity index (χ3v) is 12.4. The lowest BCUT2D eigenvalue weighted by molar-refractivity contribution is 0.669.